The van der Waals surface area contributed by atoms with Crippen LogP contribution in [0.25, 0.3) is 0 Å². The van der Waals surface area contributed by atoms with Gasteiger partial charge in [0.1, 0.15) is 18.2 Å². The lowest BCUT2D eigenvalue weighted by atomic mass is 10.3. The number of hydrogen-bond acceptors (Lipinski definition) is 3. The number of thiophene rings is 1. The quantitative estimate of drug-likeness (QED) is 0.869. The molecule has 0 bridgehead atoms. The highest BCUT2D eigenvalue weighted by atomic mass is 35.5. The molecule has 1 aromatic carbocycles. The molecular weight excluding hydrogens is 299 g/mol. The Kier molecular flexibility index (Phi) is 5.42. The molecule has 0 fully saturated rings. The molecule has 0 spiro atoms. The molecule has 0 radical (unpaired) electrons. The predicted octanol–water partition coefficient (Wildman–Crippen LogP) is 3.85. The maximum atomic E-state index is 12.9. The van der Waals surface area contributed by atoms with Gasteiger partial charge in [0.25, 0.3) is 0 Å². The molecule has 2 nitrogen and oxygen atoms in total. The van der Waals surface area contributed by atoms with Crippen molar-refractivity contribution in [3.63, 3.8) is 0 Å². The number of ether oxygens (including phenoxy) is 1. The molecule has 0 aliphatic rings. The van der Waals surface area contributed by atoms with Gasteiger partial charge in [0, 0.05) is 22.2 Å². The molecule has 5 heteroatoms. The highest BCUT2D eigenvalue weighted by molar-refractivity contribution is 7.10. The SMILES string of the molecule is OCCC#Cc1csc(COc2ccc(F)cc2Cl)c1. The van der Waals surface area contributed by atoms with Crippen LogP contribution in [0.3, 0.4) is 0 Å². The number of halogens is 2. The first kappa shape index (κ1) is 14.9. The summed E-state index contributed by atoms with van der Waals surface area (Å²) in [5, 5.41) is 10.8. The van der Waals surface area contributed by atoms with Crippen LogP contribution in [0, 0.1) is 17.7 Å². The average Bonchev–Trinajstić information content (AvgIpc) is 2.86. The van der Waals surface area contributed by atoms with E-state index in [0.717, 1.165) is 10.4 Å². The van der Waals surface area contributed by atoms with Gasteiger partial charge in [-0.3, -0.25) is 0 Å². The molecule has 20 heavy (non-hydrogen) atoms. The van der Waals surface area contributed by atoms with Crippen LogP contribution in [0.5, 0.6) is 5.75 Å². The van der Waals surface area contributed by atoms with E-state index in [-0.39, 0.29) is 17.4 Å². The van der Waals surface area contributed by atoms with Crippen LogP contribution >= 0.6 is 22.9 Å². The Labute approximate surface area is 125 Å². The molecule has 0 aliphatic heterocycles. The molecule has 2 rings (SSSR count). The summed E-state index contributed by atoms with van der Waals surface area (Å²) in [5.74, 6) is 5.87. The van der Waals surface area contributed by atoms with Crippen LogP contribution in [-0.4, -0.2) is 11.7 Å². The Morgan fingerprint density at radius 1 is 1.35 bits per heavy atom. The summed E-state index contributed by atoms with van der Waals surface area (Å²) in [6, 6.07) is 5.96. The van der Waals surface area contributed by atoms with E-state index in [4.69, 9.17) is 21.4 Å². The number of aliphatic hydroxyl groups excluding tert-OH is 1. The fourth-order valence-corrected chi connectivity index (χ4v) is 2.43. The smallest absolute Gasteiger partial charge is 0.138 e. The van der Waals surface area contributed by atoms with Crippen LogP contribution in [0.2, 0.25) is 5.02 Å². The maximum Gasteiger partial charge on any atom is 0.138 e. The Morgan fingerprint density at radius 3 is 2.95 bits per heavy atom. The molecule has 1 heterocycles. The molecular formula is C15H12ClFO2S. The summed E-state index contributed by atoms with van der Waals surface area (Å²) < 4.78 is 18.4. The van der Waals surface area contributed by atoms with Crippen LogP contribution in [0.15, 0.2) is 29.6 Å². The third-order valence-corrected chi connectivity index (χ3v) is 3.59. The zero-order valence-corrected chi connectivity index (χ0v) is 12.1. The summed E-state index contributed by atoms with van der Waals surface area (Å²) >= 11 is 7.41. The van der Waals surface area contributed by atoms with Gasteiger partial charge in [0.2, 0.25) is 0 Å². The van der Waals surface area contributed by atoms with E-state index in [1.54, 1.807) is 0 Å². The molecule has 104 valence electrons. The highest BCUT2D eigenvalue weighted by Crippen LogP contribution is 2.26. The van der Waals surface area contributed by atoms with Gasteiger partial charge in [-0.2, -0.15) is 0 Å². The van der Waals surface area contributed by atoms with Crippen molar-refractivity contribution in [2.75, 3.05) is 6.61 Å². The van der Waals surface area contributed by atoms with Crippen molar-refractivity contribution in [1.29, 1.82) is 0 Å². The van der Waals surface area contributed by atoms with Crippen molar-refractivity contribution in [2.45, 2.75) is 13.0 Å². The Balaban J connectivity index is 1.96. The maximum absolute atomic E-state index is 12.9. The summed E-state index contributed by atoms with van der Waals surface area (Å²) in [7, 11) is 0. The number of aliphatic hydroxyl groups is 1. The molecule has 1 aromatic heterocycles. The van der Waals surface area contributed by atoms with Gasteiger partial charge in [-0.1, -0.05) is 23.4 Å². The Bertz CT molecular complexity index is 643. The molecule has 0 saturated carbocycles. The lowest BCUT2D eigenvalue weighted by Gasteiger charge is -2.06. The lowest BCUT2D eigenvalue weighted by molar-refractivity contribution is 0.305. The molecule has 0 atom stereocenters. The second-order valence-corrected chi connectivity index (χ2v) is 5.34. The van der Waals surface area contributed by atoms with E-state index in [2.05, 4.69) is 11.8 Å². The molecule has 0 amide bonds. The van der Waals surface area contributed by atoms with Crippen molar-refractivity contribution in [2.24, 2.45) is 0 Å². The minimum atomic E-state index is -0.389. The molecule has 2 aromatic rings. The summed E-state index contributed by atoms with van der Waals surface area (Å²) in [4.78, 5) is 0.999. The molecule has 0 saturated heterocycles. The minimum Gasteiger partial charge on any atom is -0.487 e. The summed E-state index contributed by atoms with van der Waals surface area (Å²) in [6.07, 6.45) is 0.465. The topological polar surface area (TPSA) is 29.5 Å². The first-order chi connectivity index (χ1) is 9.69. The van der Waals surface area contributed by atoms with E-state index in [1.807, 2.05) is 11.4 Å². The van der Waals surface area contributed by atoms with Crippen LogP contribution in [0.1, 0.15) is 16.9 Å². The Hall–Kier alpha value is -1.54. The highest BCUT2D eigenvalue weighted by Gasteiger charge is 2.04. The van der Waals surface area contributed by atoms with Crippen molar-refractivity contribution in [1.82, 2.24) is 0 Å². The van der Waals surface area contributed by atoms with Gasteiger partial charge in [-0.05, 0) is 24.3 Å². The van der Waals surface area contributed by atoms with E-state index >= 15 is 0 Å². The van der Waals surface area contributed by atoms with Crippen molar-refractivity contribution < 1.29 is 14.2 Å². The van der Waals surface area contributed by atoms with Crippen molar-refractivity contribution >= 4 is 22.9 Å². The zero-order chi connectivity index (χ0) is 14.4. The van der Waals surface area contributed by atoms with Gasteiger partial charge in [0.05, 0.1) is 11.6 Å². The lowest BCUT2D eigenvalue weighted by Crippen LogP contribution is -1.93. The summed E-state index contributed by atoms with van der Waals surface area (Å²) in [6.45, 7) is 0.424. The third kappa shape index (κ3) is 4.24. The standard InChI is InChI=1S/C15H12ClFO2S/c16-14-8-12(17)4-5-15(14)19-9-13-7-11(10-20-13)3-1-2-6-18/h4-5,7-8,10,18H,2,6,9H2. The predicted molar refractivity (Wildman–Crippen MR) is 78.6 cm³/mol. The van der Waals surface area contributed by atoms with Gasteiger partial charge in [-0.15, -0.1) is 11.3 Å². The van der Waals surface area contributed by atoms with Crippen molar-refractivity contribution in [3.05, 3.63) is 50.9 Å². The molecule has 1 N–H and O–H groups in total. The van der Waals surface area contributed by atoms with E-state index < -0.39 is 0 Å². The summed E-state index contributed by atoms with van der Waals surface area (Å²) in [5.41, 5.74) is 0.896. The fraction of sp³-hybridized carbons (Fsp3) is 0.200. The van der Waals surface area contributed by atoms with Gasteiger partial charge in [-0.25, -0.2) is 4.39 Å². The van der Waals surface area contributed by atoms with E-state index in [0.29, 0.717) is 18.8 Å². The average molecular weight is 311 g/mol. The second kappa shape index (κ2) is 7.30. The van der Waals surface area contributed by atoms with E-state index in [1.165, 1.54) is 29.5 Å². The molecule has 0 aliphatic carbocycles. The second-order valence-electron chi connectivity index (χ2n) is 3.94. The fourth-order valence-electron chi connectivity index (χ4n) is 1.48. The third-order valence-electron chi connectivity index (χ3n) is 2.39. The minimum absolute atomic E-state index is 0.0656. The van der Waals surface area contributed by atoms with Gasteiger partial charge < -0.3 is 9.84 Å². The van der Waals surface area contributed by atoms with Crippen LogP contribution < -0.4 is 4.74 Å². The number of hydrogen-bond donors (Lipinski definition) is 1. The van der Waals surface area contributed by atoms with E-state index in [9.17, 15) is 4.39 Å². The number of benzene rings is 1. The number of rotatable bonds is 4. The monoisotopic (exact) mass is 310 g/mol. The normalized spacial score (nSPS) is 9.95. The largest absolute Gasteiger partial charge is 0.487 e. The first-order valence-corrected chi connectivity index (χ1v) is 7.20. The zero-order valence-electron chi connectivity index (χ0n) is 10.5. The Morgan fingerprint density at radius 2 is 2.20 bits per heavy atom. The van der Waals surface area contributed by atoms with Crippen molar-refractivity contribution in [3.8, 4) is 17.6 Å². The van der Waals surface area contributed by atoms with Gasteiger partial charge in [0.15, 0.2) is 0 Å². The van der Waals surface area contributed by atoms with Crippen LogP contribution in [0.4, 0.5) is 4.39 Å². The first-order valence-electron chi connectivity index (χ1n) is 5.94. The van der Waals surface area contributed by atoms with Crippen LogP contribution in [-0.2, 0) is 6.61 Å². The molecule has 0 unspecified atom stereocenters. The van der Waals surface area contributed by atoms with Gasteiger partial charge >= 0.3 is 0 Å².